The molecule has 1 aliphatic rings. The second-order valence-corrected chi connectivity index (χ2v) is 7.46. The standard InChI is InChI=1S/C15H24N2S/c1-15(2)7-8-17(9-10-18-15)12-14-5-3-13(11-16)4-6-14/h3-6H,7-12,16H2,1-2H3. The molecule has 0 radical (unpaired) electrons. The largest absolute Gasteiger partial charge is 0.326 e. The van der Waals surface area contributed by atoms with Crippen LogP contribution >= 0.6 is 11.8 Å². The number of rotatable bonds is 3. The van der Waals surface area contributed by atoms with Gasteiger partial charge in [-0.2, -0.15) is 11.8 Å². The Kier molecular flexibility index (Phi) is 4.71. The Morgan fingerprint density at radius 2 is 1.83 bits per heavy atom. The van der Waals surface area contributed by atoms with E-state index >= 15 is 0 Å². The highest BCUT2D eigenvalue weighted by Gasteiger charge is 2.23. The molecular formula is C15H24N2S. The maximum atomic E-state index is 5.62. The van der Waals surface area contributed by atoms with E-state index in [2.05, 4.69) is 54.8 Å². The van der Waals surface area contributed by atoms with Gasteiger partial charge in [0.15, 0.2) is 0 Å². The highest BCUT2D eigenvalue weighted by molar-refractivity contribution is 8.00. The molecule has 3 heteroatoms. The summed E-state index contributed by atoms with van der Waals surface area (Å²) >= 11 is 2.10. The summed E-state index contributed by atoms with van der Waals surface area (Å²) in [6.45, 7) is 8.83. The van der Waals surface area contributed by atoms with Gasteiger partial charge in [0.25, 0.3) is 0 Å². The fourth-order valence-electron chi connectivity index (χ4n) is 2.26. The Hall–Kier alpha value is -0.510. The second kappa shape index (κ2) is 6.09. The van der Waals surface area contributed by atoms with Crippen LogP contribution in [0.1, 0.15) is 31.4 Å². The van der Waals surface area contributed by atoms with Gasteiger partial charge in [0, 0.05) is 30.1 Å². The molecule has 0 unspecified atom stereocenters. The van der Waals surface area contributed by atoms with Crippen LogP contribution in [-0.2, 0) is 13.1 Å². The third-order valence-corrected chi connectivity index (χ3v) is 4.97. The smallest absolute Gasteiger partial charge is 0.0234 e. The summed E-state index contributed by atoms with van der Waals surface area (Å²) in [5.41, 5.74) is 8.24. The fourth-order valence-corrected chi connectivity index (χ4v) is 3.40. The number of nitrogens with zero attached hydrogens (tertiary/aromatic N) is 1. The van der Waals surface area contributed by atoms with Crippen molar-refractivity contribution in [2.45, 2.75) is 38.1 Å². The van der Waals surface area contributed by atoms with Crippen molar-refractivity contribution < 1.29 is 0 Å². The van der Waals surface area contributed by atoms with E-state index in [9.17, 15) is 0 Å². The minimum Gasteiger partial charge on any atom is -0.326 e. The van der Waals surface area contributed by atoms with Crippen molar-refractivity contribution in [1.82, 2.24) is 4.90 Å². The lowest BCUT2D eigenvalue weighted by Gasteiger charge is -2.22. The van der Waals surface area contributed by atoms with Gasteiger partial charge >= 0.3 is 0 Å². The van der Waals surface area contributed by atoms with E-state index in [0.29, 0.717) is 11.3 Å². The molecule has 2 rings (SSSR count). The molecule has 0 atom stereocenters. The van der Waals surface area contributed by atoms with E-state index in [1.165, 1.54) is 36.4 Å². The van der Waals surface area contributed by atoms with Crippen LogP contribution in [0.3, 0.4) is 0 Å². The molecule has 1 aromatic rings. The monoisotopic (exact) mass is 264 g/mol. The van der Waals surface area contributed by atoms with Crippen LogP contribution < -0.4 is 5.73 Å². The molecule has 2 nitrogen and oxygen atoms in total. The van der Waals surface area contributed by atoms with Crippen LogP contribution in [0.2, 0.25) is 0 Å². The minimum atomic E-state index is 0.443. The van der Waals surface area contributed by atoms with E-state index in [-0.39, 0.29) is 0 Å². The van der Waals surface area contributed by atoms with Crippen LogP contribution in [0.5, 0.6) is 0 Å². The maximum absolute atomic E-state index is 5.62. The van der Waals surface area contributed by atoms with E-state index in [1.54, 1.807) is 0 Å². The predicted molar refractivity (Wildman–Crippen MR) is 80.8 cm³/mol. The van der Waals surface area contributed by atoms with Gasteiger partial charge in [0.05, 0.1) is 0 Å². The lowest BCUT2D eigenvalue weighted by molar-refractivity contribution is 0.276. The molecule has 0 aliphatic carbocycles. The molecule has 0 aromatic heterocycles. The first kappa shape index (κ1) is 13.9. The molecule has 1 saturated heterocycles. The molecule has 2 N–H and O–H groups in total. The first-order valence-corrected chi connectivity index (χ1v) is 7.72. The van der Waals surface area contributed by atoms with Gasteiger partial charge in [-0.05, 0) is 24.1 Å². The Bertz CT molecular complexity index is 373. The van der Waals surface area contributed by atoms with Crippen LogP contribution in [0.4, 0.5) is 0 Å². The first-order chi connectivity index (χ1) is 8.59. The molecule has 1 aliphatic heterocycles. The maximum Gasteiger partial charge on any atom is 0.0234 e. The highest BCUT2D eigenvalue weighted by atomic mass is 32.2. The van der Waals surface area contributed by atoms with Gasteiger partial charge in [-0.1, -0.05) is 38.1 Å². The Morgan fingerprint density at radius 1 is 1.17 bits per heavy atom. The molecular weight excluding hydrogens is 240 g/mol. The lowest BCUT2D eigenvalue weighted by atomic mass is 10.1. The number of hydrogen-bond donors (Lipinski definition) is 1. The summed E-state index contributed by atoms with van der Waals surface area (Å²) in [4.78, 5) is 2.57. The molecule has 1 heterocycles. The number of nitrogens with two attached hydrogens (primary N) is 1. The summed E-state index contributed by atoms with van der Waals surface area (Å²) in [5.74, 6) is 1.24. The highest BCUT2D eigenvalue weighted by Crippen LogP contribution is 2.31. The number of thioether (sulfide) groups is 1. The van der Waals surface area contributed by atoms with Gasteiger partial charge in [0.2, 0.25) is 0 Å². The average molecular weight is 264 g/mol. The number of hydrogen-bond acceptors (Lipinski definition) is 3. The summed E-state index contributed by atoms with van der Waals surface area (Å²) < 4.78 is 0.443. The van der Waals surface area contributed by atoms with Crippen molar-refractivity contribution in [3.8, 4) is 0 Å². The summed E-state index contributed by atoms with van der Waals surface area (Å²) in [5, 5.41) is 0. The van der Waals surface area contributed by atoms with Crippen molar-refractivity contribution in [3.05, 3.63) is 35.4 Å². The molecule has 18 heavy (non-hydrogen) atoms. The quantitative estimate of drug-likeness (QED) is 0.910. The van der Waals surface area contributed by atoms with Crippen molar-refractivity contribution in [1.29, 1.82) is 0 Å². The van der Waals surface area contributed by atoms with Crippen molar-refractivity contribution >= 4 is 11.8 Å². The van der Waals surface area contributed by atoms with Crippen molar-refractivity contribution in [2.24, 2.45) is 5.73 Å². The lowest BCUT2D eigenvalue weighted by Crippen LogP contribution is -2.26. The normalized spacial score (nSPS) is 20.6. The van der Waals surface area contributed by atoms with Gasteiger partial charge in [-0.15, -0.1) is 0 Å². The molecule has 1 aromatic carbocycles. The first-order valence-electron chi connectivity index (χ1n) is 6.73. The van der Waals surface area contributed by atoms with Crippen LogP contribution in [0.15, 0.2) is 24.3 Å². The third kappa shape index (κ3) is 4.01. The molecule has 0 saturated carbocycles. The van der Waals surface area contributed by atoms with Crippen LogP contribution in [-0.4, -0.2) is 28.5 Å². The number of benzene rings is 1. The SMILES string of the molecule is CC1(C)CCN(Cc2ccc(CN)cc2)CCS1. The van der Waals surface area contributed by atoms with Crippen LogP contribution in [0, 0.1) is 0 Å². The van der Waals surface area contributed by atoms with Crippen LogP contribution in [0.25, 0.3) is 0 Å². The Morgan fingerprint density at radius 3 is 2.50 bits per heavy atom. The zero-order chi connectivity index (χ0) is 13.0. The summed E-state index contributed by atoms with van der Waals surface area (Å²) in [7, 11) is 0. The molecule has 0 bridgehead atoms. The molecule has 0 amide bonds. The Labute approximate surface area is 115 Å². The average Bonchev–Trinajstić information content (AvgIpc) is 2.52. The third-order valence-electron chi connectivity index (χ3n) is 3.60. The zero-order valence-electron chi connectivity index (χ0n) is 11.5. The van der Waals surface area contributed by atoms with Gasteiger partial charge in [-0.3, -0.25) is 4.90 Å². The second-order valence-electron chi connectivity index (χ2n) is 5.65. The Balaban J connectivity index is 1.92. The van der Waals surface area contributed by atoms with Crippen molar-refractivity contribution in [3.63, 3.8) is 0 Å². The van der Waals surface area contributed by atoms with Gasteiger partial charge < -0.3 is 5.73 Å². The topological polar surface area (TPSA) is 29.3 Å². The van der Waals surface area contributed by atoms with Gasteiger partial charge in [-0.25, -0.2) is 0 Å². The van der Waals surface area contributed by atoms with Gasteiger partial charge in [0.1, 0.15) is 0 Å². The minimum absolute atomic E-state index is 0.443. The molecule has 100 valence electrons. The van der Waals surface area contributed by atoms with E-state index < -0.39 is 0 Å². The molecule has 1 fully saturated rings. The van der Waals surface area contributed by atoms with E-state index in [1.807, 2.05) is 0 Å². The zero-order valence-corrected chi connectivity index (χ0v) is 12.3. The van der Waals surface area contributed by atoms with E-state index in [0.717, 1.165) is 6.54 Å². The summed E-state index contributed by atoms with van der Waals surface area (Å²) in [6.07, 6.45) is 1.28. The molecule has 0 spiro atoms. The fraction of sp³-hybridized carbons (Fsp3) is 0.600. The van der Waals surface area contributed by atoms with Crippen molar-refractivity contribution in [2.75, 3.05) is 18.8 Å². The predicted octanol–water partition coefficient (Wildman–Crippen LogP) is 2.86. The van der Waals surface area contributed by atoms with E-state index in [4.69, 9.17) is 5.73 Å². The summed E-state index contributed by atoms with van der Waals surface area (Å²) in [6, 6.07) is 8.72.